The molecule has 18 heavy (non-hydrogen) atoms. The van der Waals surface area contributed by atoms with Crippen molar-refractivity contribution in [3.63, 3.8) is 0 Å². The van der Waals surface area contributed by atoms with Crippen LogP contribution in [0.3, 0.4) is 0 Å². The van der Waals surface area contributed by atoms with E-state index in [0.29, 0.717) is 31.6 Å². The Bertz CT molecular complexity index is 322. The average Bonchev–Trinajstić information content (AvgIpc) is 3.21. The average molecular weight is 254 g/mol. The minimum Gasteiger partial charge on any atom is -0.466 e. The Morgan fingerprint density at radius 1 is 1.33 bits per heavy atom. The maximum Gasteiger partial charge on any atom is 0.333 e. The van der Waals surface area contributed by atoms with E-state index in [1.54, 1.807) is 0 Å². The highest BCUT2D eigenvalue weighted by atomic mass is 16.5. The molecule has 1 aliphatic rings. The molecule has 0 atom stereocenters. The summed E-state index contributed by atoms with van der Waals surface area (Å²) in [5, 5.41) is 6.01. The predicted octanol–water partition coefficient (Wildman–Crippen LogP) is 0.612. The molecule has 0 unspecified atom stereocenters. The van der Waals surface area contributed by atoms with Crippen molar-refractivity contribution >= 4 is 11.9 Å². The third-order valence-electron chi connectivity index (χ3n) is 2.87. The molecule has 1 fully saturated rings. The number of amides is 1. The van der Waals surface area contributed by atoms with Crippen molar-refractivity contribution in [2.24, 2.45) is 5.92 Å². The van der Waals surface area contributed by atoms with Gasteiger partial charge in [-0.05, 0) is 19.3 Å². The van der Waals surface area contributed by atoms with Crippen LogP contribution < -0.4 is 10.6 Å². The Labute approximate surface area is 108 Å². The predicted molar refractivity (Wildman–Crippen MR) is 69.0 cm³/mol. The molecule has 2 N–H and O–H groups in total. The van der Waals surface area contributed by atoms with Gasteiger partial charge < -0.3 is 15.4 Å². The second kappa shape index (κ2) is 7.87. The summed E-state index contributed by atoms with van der Waals surface area (Å²) in [7, 11) is 1.38. The maximum atomic E-state index is 11.3. The molecule has 5 nitrogen and oxygen atoms in total. The van der Waals surface area contributed by atoms with Gasteiger partial charge in [-0.3, -0.25) is 4.79 Å². The highest BCUT2D eigenvalue weighted by molar-refractivity contribution is 5.88. The number of methoxy groups -OCH3 is 1. The van der Waals surface area contributed by atoms with Gasteiger partial charge in [-0.1, -0.05) is 13.0 Å². The van der Waals surface area contributed by atoms with Gasteiger partial charge in [0.05, 0.1) is 7.11 Å². The van der Waals surface area contributed by atoms with Gasteiger partial charge in [-0.15, -0.1) is 0 Å². The summed E-state index contributed by atoms with van der Waals surface area (Å²) >= 11 is 0. The number of carbonyl (C=O) groups excluding carboxylic acids is 2. The molecule has 0 radical (unpaired) electrons. The van der Waals surface area contributed by atoms with Gasteiger partial charge >= 0.3 is 5.97 Å². The Morgan fingerprint density at radius 3 is 2.61 bits per heavy atom. The van der Waals surface area contributed by atoms with Crippen LogP contribution in [0, 0.1) is 5.92 Å². The zero-order valence-corrected chi connectivity index (χ0v) is 11.1. The Balaban J connectivity index is 2.07. The van der Waals surface area contributed by atoms with E-state index >= 15 is 0 Å². The Kier molecular flexibility index (Phi) is 6.43. The lowest BCUT2D eigenvalue weighted by Crippen LogP contribution is -2.32. The summed E-state index contributed by atoms with van der Waals surface area (Å²) in [6.45, 7) is 3.85. The van der Waals surface area contributed by atoms with Crippen molar-refractivity contribution in [1.29, 1.82) is 0 Å². The number of carbonyl (C=O) groups is 2. The third-order valence-corrected chi connectivity index (χ3v) is 2.87. The van der Waals surface area contributed by atoms with Crippen molar-refractivity contribution in [2.75, 3.05) is 26.7 Å². The van der Waals surface area contributed by atoms with Crippen LogP contribution in [0.2, 0.25) is 0 Å². The van der Waals surface area contributed by atoms with Crippen molar-refractivity contribution in [3.05, 3.63) is 11.6 Å². The molecule has 1 rings (SSSR count). The molecular weight excluding hydrogens is 232 g/mol. The van der Waals surface area contributed by atoms with E-state index in [1.807, 2.05) is 13.0 Å². The van der Waals surface area contributed by atoms with Gasteiger partial charge in [0.2, 0.25) is 5.91 Å². The molecule has 0 heterocycles. The van der Waals surface area contributed by atoms with Crippen LogP contribution in [0.15, 0.2) is 11.6 Å². The van der Waals surface area contributed by atoms with Gasteiger partial charge in [-0.2, -0.15) is 0 Å². The third kappa shape index (κ3) is 5.31. The van der Waals surface area contributed by atoms with E-state index < -0.39 is 0 Å². The molecule has 1 saturated carbocycles. The molecule has 102 valence electrons. The van der Waals surface area contributed by atoms with Gasteiger partial charge in [0, 0.05) is 31.1 Å². The fourth-order valence-corrected chi connectivity index (χ4v) is 1.56. The van der Waals surface area contributed by atoms with Crippen molar-refractivity contribution in [3.8, 4) is 0 Å². The fourth-order valence-electron chi connectivity index (χ4n) is 1.56. The van der Waals surface area contributed by atoms with E-state index in [-0.39, 0.29) is 17.8 Å². The van der Waals surface area contributed by atoms with E-state index in [0.717, 1.165) is 12.8 Å². The number of ether oxygens (including phenoxy) is 1. The van der Waals surface area contributed by atoms with Crippen LogP contribution in [0.5, 0.6) is 0 Å². The Hall–Kier alpha value is -1.36. The molecule has 0 aromatic heterocycles. The molecule has 0 saturated heterocycles. The van der Waals surface area contributed by atoms with Gasteiger partial charge in [0.15, 0.2) is 0 Å². The first kappa shape index (κ1) is 14.7. The summed E-state index contributed by atoms with van der Waals surface area (Å²) in [5.41, 5.74) is 0.673. The highest BCUT2D eigenvalue weighted by Crippen LogP contribution is 2.28. The fraction of sp³-hybridized carbons (Fsp3) is 0.692. The molecule has 1 aliphatic carbocycles. The van der Waals surface area contributed by atoms with Crippen LogP contribution in [0.25, 0.3) is 0 Å². The summed E-state index contributed by atoms with van der Waals surface area (Å²) in [6.07, 6.45) is 4.54. The molecule has 0 aromatic carbocycles. The van der Waals surface area contributed by atoms with Crippen LogP contribution >= 0.6 is 0 Å². The summed E-state index contributed by atoms with van der Waals surface area (Å²) in [6, 6.07) is 0. The van der Waals surface area contributed by atoms with E-state index in [1.165, 1.54) is 7.11 Å². The quantitative estimate of drug-likeness (QED) is 0.378. The molecule has 5 heteroatoms. The first-order valence-corrected chi connectivity index (χ1v) is 6.44. The minimum atomic E-state index is -0.277. The lowest BCUT2D eigenvalue weighted by molar-refractivity contribution is -0.136. The van der Waals surface area contributed by atoms with E-state index in [2.05, 4.69) is 15.4 Å². The molecule has 0 bridgehead atoms. The molecule has 1 amide bonds. The van der Waals surface area contributed by atoms with Crippen LogP contribution in [0.4, 0.5) is 0 Å². The van der Waals surface area contributed by atoms with Crippen molar-refractivity contribution in [1.82, 2.24) is 10.6 Å². The van der Waals surface area contributed by atoms with Crippen molar-refractivity contribution in [2.45, 2.75) is 26.2 Å². The number of nitrogens with one attached hydrogen (secondary N) is 2. The summed E-state index contributed by atoms with van der Waals surface area (Å²) < 4.78 is 4.65. The van der Waals surface area contributed by atoms with Crippen LogP contribution in [-0.2, 0) is 14.3 Å². The second-order valence-corrected chi connectivity index (χ2v) is 4.34. The van der Waals surface area contributed by atoms with Crippen LogP contribution in [0.1, 0.15) is 26.2 Å². The van der Waals surface area contributed by atoms with Gasteiger partial charge in [0.25, 0.3) is 0 Å². The van der Waals surface area contributed by atoms with Gasteiger partial charge in [-0.25, -0.2) is 4.79 Å². The minimum absolute atomic E-state index is 0.163. The molecule has 0 aliphatic heterocycles. The first-order chi connectivity index (χ1) is 8.69. The highest BCUT2D eigenvalue weighted by Gasteiger charge is 2.28. The number of rotatable bonds is 8. The summed E-state index contributed by atoms with van der Waals surface area (Å²) in [4.78, 5) is 22.6. The first-order valence-electron chi connectivity index (χ1n) is 6.44. The lowest BCUT2D eigenvalue weighted by Gasteiger charge is -2.05. The van der Waals surface area contributed by atoms with E-state index in [9.17, 15) is 9.59 Å². The zero-order valence-electron chi connectivity index (χ0n) is 11.1. The number of hydrogen-bond donors (Lipinski definition) is 2. The molecule has 0 aromatic rings. The zero-order chi connectivity index (χ0) is 13.4. The summed E-state index contributed by atoms with van der Waals surface area (Å²) in [5.74, 6) is 0.147. The van der Waals surface area contributed by atoms with Crippen LogP contribution in [-0.4, -0.2) is 38.6 Å². The lowest BCUT2D eigenvalue weighted by atomic mass is 10.2. The molecular formula is C13H22N2O3. The van der Waals surface area contributed by atoms with Crippen molar-refractivity contribution < 1.29 is 14.3 Å². The Morgan fingerprint density at radius 2 is 2.06 bits per heavy atom. The molecule has 0 spiro atoms. The normalized spacial score (nSPS) is 15.3. The number of esters is 1. The standard InChI is InChI=1S/C13H22N2O3/c1-3-10(13(17)18-2)6-7-14-8-9-15-12(16)11-4-5-11/h6,11,14H,3-5,7-9H2,1-2H3,(H,15,16). The second-order valence-electron chi connectivity index (χ2n) is 4.34. The van der Waals surface area contributed by atoms with E-state index in [4.69, 9.17) is 0 Å². The topological polar surface area (TPSA) is 67.4 Å². The maximum absolute atomic E-state index is 11.3. The number of hydrogen-bond acceptors (Lipinski definition) is 4. The largest absolute Gasteiger partial charge is 0.466 e. The monoisotopic (exact) mass is 254 g/mol. The SMILES string of the molecule is CCC(=CCNCCNC(=O)C1CC1)C(=O)OC. The smallest absolute Gasteiger partial charge is 0.333 e. The van der Waals surface area contributed by atoms with Gasteiger partial charge in [0.1, 0.15) is 0 Å².